The van der Waals surface area contributed by atoms with E-state index in [0.717, 1.165) is 55.1 Å². The van der Waals surface area contributed by atoms with E-state index in [9.17, 15) is 9.59 Å². The van der Waals surface area contributed by atoms with E-state index in [-0.39, 0.29) is 17.7 Å². The molecule has 126 valence electrons. The van der Waals surface area contributed by atoms with Gasteiger partial charge in [-0.15, -0.1) is 0 Å². The predicted octanol–water partition coefficient (Wildman–Crippen LogP) is 2.17. The molecule has 0 N–H and O–H groups in total. The molecule has 7 heteroatoms. The van der Waals surface area contributed by atoms with Gasteiger partial charge in [0, 0.05) is 31.7 Å². The summed E-state index contributed by atoms with van der Waals surface area (Å²) in [6, 6.07) is 5.42. The maximum Gasteiger partial charge on any atom is 0.253 e. The molecule has 2 aliphatic heterocycles. The van der Waals surface area contributed by atoms with Crippen LogP contribution in [0.2, 0.25) is 0 Å². The Kier molecular flexibility index (Phi) is 4.18. The molecule has 0 spiro atoms. The number of hydrogen-bond donors (Lipinski definition) is 0. The van der Waals surface area contributed by atoms with Gasteiger partial charge in [-0.2, -0.15) is 8.75 Å². The van der Waals surface area contributed by atoms with Crippen molar-refractivity contribution in [3.63, 3.8) is 0 Å². The van der Waals surface area contributed by atoms with E-state index in [1.165, 1.54) is 6.42 Å². The highest BCUT2D eigenvalue weighted by Crippen LogP contribution is 2.23. The third-order valence-corrected chi connectivity index (χ3v) is 5.55. The zero-order valence-electron chi connectivity index (χ0n) is 13.5. The largest absolute Gasteiger partial charge is 0.342 e. The molecule has 0 bridgehead atoms. The standard InChI is InChI=1S/C17H20N4O2S/c22-16(12-4-5-14-15(10-12)19-24-18-14)21-9-6-13(11-21)17(23)20-7-2-1-3-8-20/h4-5,10,13H,1-3,6-9,11H2/t13-/m1/s1. The van der Waals surface area contributed by atoms with Crippen LogP contribution in [0.1, 0.15) is 36.0 Å². The van der Waals surface area contributed by atoms with E-state index in [2.05, 4.69) is 8.75 Å². The van der Waals surface area contributed by atoms with Gasteiger partial charge in [0.15, 0.2) is 0 Å². The van der Waals surface area contributed by atoms with Crippen LogP contribution in [0.4, 0.5) is 0 Å². The molecular formula is C17H20N4O2S. The second-order valence-corrected chi connectivity index (χ2v) is 7.12. The van der Waals surface area contributed by atoms with Crippen LogP contribution in [0.25, 0.3) is 11.0 Å². The van der Waals surface area contributed by atoms with Crippen molar-refractivity contribution in [2.24, 2.45) is 5.92 Å². The van der Waals surface area contributed by atoms with Crippen LogP contribution in [0.15, 0.2) is 18.2 Å². The Morgan fingerprint density at radius 1 is 1.00 bits per heavy atom. The fraction of sp³-hybridized carbons (Fsp3) is 0.529. The zero-order chi connectivity index (χ0) is 16.5. The van der Waals surface area contributed by atoms with Crippen molar-refractivity contribution in [3.8, 4) is 0 Å². The molecule has 4 rings (SSSR count). The van der Waals surface area contributed by atoms with Crippen molar-refractivity contribution >= 4 is 34.6 Å². The van der Waals surface area contributed by atoms with E-state index < -0.39 is 0 Å². The molecule has 2 amide bonds. The van der Waals surface area contributed by atoms with Gasteiger partial charge in [-0.1, -0.05) is 0 Å². The van der Waals surface area contributed by atoms with Crippen LogP contribution in [0, 0.1) is 5.92 Å². The molecule has 1 aromatic carbocycles. The van der Waals surface area contributed by atoms with Gasteiger partial charge in [0.1, 0.15) is 11.0 Å². The van der Waals surface area contributed by atoms with E-state index in [0.29, 0.717) is 18.7 Å². The monoisotopic (exact) mass is 344 g/mol. The minimum Gasteiger partial charge on any atom is -0.342 e. The Hall–Kier alpha value is -2.02. The summed E-state index contributed by atoms with van der Waals surface area (Å²) in [6.45, 7) is 2.92. The van der Waals surface area contributed by atoms with Gasteiger partial charge >= 0.3 is 0 Å². The molecular weight excluding hydrogens is 324 g/mol. The molecule has 1 atom stereocenters. The number of rotatable bonds is 2. The first-order valence-electron chi connectivity index (χ1n) is 8.53. The Morgan fingerprint density at radius 2 is 1.79 bits per heavy atom. The molecule has 2 aliphatic rings. The number of fused-ring (bicyclic) bond motifs is 1. The number of nitrogens with zero attached hydrogens (tertiary/aromatic N) is 4. The van der Waals surface area contributed by atoms with Crippen molar-refractivity contribution in [2.45, 2.75) is 25.7 Å². The number of benzene rings is 1. The fourth-order valence-corrected chi connectivity index (χ4v) is 4.13. The SMILES string of the molecule is O=C(c1ccc2nsnc2c1)N1CC[C@@H](C(=O)N2CCCCC2)C1. The van der Waals surface area contributed by atoms with Gasteiger partial charge in [0.05, 0.1) is 17.6 Å². The van der Waals surface area contributed by atoms with Crippen molar-refractivity contribution in [2.75, 3.05) is 26.2 Å². The maximum atomic E-state index is 12.7. The number of carbonyl (C=O) groups is 2. The van der Waals surface area contributed by atoms with Crippen LogP contribution < -0.4 is 0 Å². The Balaban J connectivity index is 1.43. The van der Waals surface area contributed by atoms with Crippen molar-refractivity contribution in [1.29, 1.82) is 0 Å². The van der Waals surface area contributed by atoms with Crippen LogP contribution in [-0.4, -0.2) is 56.5 Å². The van der Waals surface area contributed by atoms with Gasteiger partial charge < -0.3 is 9.80 Å². The third-order valence-electron chi connectivity index (χ3n) is 4.99. The molecule has 2 aromatic rings. The van der Waals surface area contributed by atoms with E-state index in [4.69, 9.17) is 0 Å². The number of carbonyl (C=O) groups excluding carboxylic acids is 2. The first-order chi connectivity index (χ1) is 11.7. The average molecular weight is 344 g/mol. The van der Waals surface area contributed by atoms with Gasteiger partial charge in [0.2, 0.25) is 5.91 Å². The summed E-state index contributed by atoms with van der Waals surface area (Å²) >= 11 is 1.15. The zero-order valence-corrected chi connectivity index (χ0v) is 14.3. The Bertz CT molecular complexity index is 769. The molecule has 0 saturated carbocycles. The molecule has 2 fully saturated rings. The second-order valence-electron chi connectivity index (χ2n) is 6.59. The molecule has 3 heterocycles. The van der Waals surface area contributed by atoms with E-state index in [1.54, 1.807) is 17.0 Å². The number of piperidine rings is 1. The van der Waals surface area contributed by atoms with Crippen molar-refractivity contribution < 1.29 is 9.59 Å². The maximum absolute atomic E-state index is 12.7. The molecule has 2 saturated heterocycles. The number of hydrogen-bond acceptors (Lipinski definition) is 5. The highest BCUT2D eigenvalue weighted by Gasteiger charge is 2.34. The average Bonchev–Trinajstić information content (AvgIpc) is 3.30. The van der Waals surface area contributed by atoms with Crippen LogP contribution in [0.3, 0.4) is 0 Å². The van der Waals surface area contributed by atoms with Gasteiger partial charge in [-0.25, -0.2) is 0 Å². The summed E-state index contributed by atoms with van der Waals surface area (Å²) < 4.78 is 8.35. The van der Waals surface area contributed by atoms with Gasteiger partial charge in [-0.3, -0.25) is 9.59 Å². The lowest BCUT2D eigenvalue weighted by Crippen LogP contribution is -2.41. The summed E-state index contributed by atoms with van der Waals surface area (Å²) in [4.78, 5) is 29.1. The summed E-state index contributed by atoms with van der Waals surface area (Å²) in [5.74, 6) is 0.166. The lowest BCUT2D eigenvalue weighted by atomic mass is 10.0. The normalized spacial score (nSPS) is 21.4. The number of aromatic nitrogens is 2. The Morgan fingerprint density at radius 3 is 2.62 bits per heavy atom. The molecule has 0 unspecified atom stereocenters. The minimum atomic E-state index is -0.0447. The highest BCUT2D eigenvalue weighted by atomic mass is 32.1. The molecule has 0 radical (unpaired) electrons. The molecule has 6 nitrogen and oxygen atoms in total. The predicted molar refractivity (Wildman–Crippen MR) is 91.9 cm³/mol. The summed E-state index contributed by atoms with van der Waals surface area (Å²) in [5.41, 5.74) is 2.20. The number of likely N-dealkylation sites (tertiary alicyclic amines) is 2. The highest BCUT2D eigenvalue weighted by molar-refractivity contribution is 7.00. The molecule has 24 heavy (non-hydrogen) atoms. The fourth-order valence-electron chi connectivity index (χ4n) is 3.62. The minimum absolute atomic E-state index is 0.0150. The molecule has 0 aliphatic carbocycles. The van der Waals surface area contributed by atoms with Crippen LogP contribution in [-0.2, 0) is 4.79 Å². The topological polar surface area (TPSA) is 66.4 Å². The smallest absolute Gasteiger partial charge is 0.253 e. The van der Waals surface area contributed by atoms with Crippen molar-refractivity contribution in [3.05, 3.63) is 23.8 Å². The van der Waals surface area contributed by atoms with E-state index in [1.807, 2.05) is 11.0 Å². The van der Waals surface area contributed by atoms with E-state index >= 15 is 0 Å². The van der Waals surface area contributed by atoms with Crippen LogP contribution in [0.5, 0.6) is 0 Å². The van der Waals surface area contributed by atoms with Crippen LogP contribution >= 0.6 is 11.7 Å². The first-order valence-corrected chi connectivity index (χ1v) is 9.26. The summed E-state index contributed by atoms with van der Waals surface area (Å²) in [7, 11) is 0. The van der Waals surface area contributed by atoms with Gasteiger partial charge in [-0.05, 0) is 43.9 Å². The lowest BCUT2D eigenvalue weighted by molar-refractivity contribution is -0.135. The third kappa shape index (κ3) is 2.88. The van der Waals surface area contributed by atoms with Gasteiger partial charge in [0.25, 0.3) is 5.91 Å². The van der Waals surface area contributed by atoms with Crippen molar-refractivity contribution in [1.82, 2.24) is 18.5 Å². The summed E-state index contributed by atoms with van der Waals surface area (Å²) in [5, 5.41) is 0. The second kappa shape index (κ2) is 6.47. The lowest BCUT2D eigenvalue weighted by Gasteiger charge is -2.29. The molecule has 1 aromatic heterocycles. The summed E-state index contributed by atoms with van der Waals surface area (Å²) in [6.07, 6.45) is 4.18. The number of amides is 2. The Labute approximate surface area is 144 Å². The first kappa shape index (κ1) is 15.5. The quantitative estimate of drug-likeness (QED) is 0.837.